The van der Waals surface area contributed by atoms with Crippen LogP contribution in [0.3, 0.4) is 0 Å². The molecule has 4 heteroatoms. The Hall–Kier alpha value is -1.39. The Morgan fingerprint density at radius 2 is 1.76 bits per heavy atom. The lowest BCUT2D eigenvalue weighted by Crippen LogP contribution is -2.09. The van der Waals surface area contributed by atoms with E-state index in [1.165, 1.54) is 11.1 Å². The van der Waals surface area contributed by atoms with E-state index in [1.807, 2.05) is 24.3 Å². The molecule has 2 nitrogen and oxygen atoms in total. The van der Waals surface area contributed by atoms with Crippen molar-refractivity contribution in [1.29, 1.82) is 0 Å². The molecule has 21 heavy (non-hydrogen) atoms. The lowest BCUT2D eigenvalue weighted by molar-refractivity contribution is 0.481. The molecule has 0 aliphatic heterocycles. The highest BCUT2D eigenvalue weighted by molar-refractivity contribution is 9.10. The molecule has 0 amide bonds. The minimum atomic E-state index is 0.366. The maximum Gasteiger partial charge on any atom is 0.128 e. The fourth-order valence-electron chi connectivity index (χ4n) is 2.25. The van der Waals surface area contributed by atoms with Crippen LogP contribution in [0.5, 0.6) is 11.5 Å². The lowest BCUT2D eigenvalue weighted by atomic mass is 9.98. The van der Waals surface area contributed by atoms with Gasteiger partial charge in [0.15, 0.2) is 0 Å². The number of ether oxygens (including phenoxy) is 1. The van der Waals surface area contributed by atoms with Gasteiger partial charge in [-0.25, -0.2) is 0 Å². The summed E-state index contributed by atoms with van der Waals surface area (Å²) in [5.41, 5.74) is 9.03. The van der Waals surface area contributed by atoms with Gasteiger partial charge in [-0.05, 0) is 70.2 Å². The molecule has 2 N–H and O–H groups in total. The molecule has 110 valence electrons. The first kappa shape index (κ1) is 16.0. The van der Waals surface area contributed by atoms with Gasteiger partial charge in [-0.15, -0.1) is 0 Å². The van der Waals surface area contributed by atoms with E-state index in [4.69, 9.17) is 22.7 Å². The summed E-state index contributed by atoms with van der Waals surface area (Å²) in [6.07, 6.45) is 0. The molecular weight excluding hydrogens is 346 g/mol. The fraction of sp³-hybridized carbons (Fsp3) is 0.235. The number of benzene rings is 2. The predicted molar refractivity (Wildman–Crippen MR) is 95.4 cm³/mol. The summed E-state index contributed by atoms with van der Waals surface area (Å²) in [5.74, 6) is 2.09. The zero-order valence-corrected chi connectivity index (χ0v) is 14.7. The van der Waals surface area contributed by atoms with E-state index in [-0.39, 0.29) is 0 Å². The summed E-state index contributed by atoms with van der Waals surface area (Å²) >= 11 is 8.44. The first-order chi connectivity index (χ1) is 9.88. The molecule has 0 bridgehead atoms. The SMILES string of the molecule is Cc1cc(Oc2ccc(C(N)=S)c(Br)c2)ccc1C(C)C. The Balaban J connectivity index is 2.24. The summed E-state index contributed by atoms with van der Waals surface area (Å²) in [6.45, 7) is 6.48. The molecular formula is C17H18BrNOS. The van der Waals surface area contributed by atoms with E-state index in [0.29, 0.717) is 10.9 Å². The third-order valence-electron chi connectivity index (χ3n) is 3.30. The van der Waals surface area contributed by atoms with Crippen LogP contribution in [0, 0.1) is 6.92 Å². The summed E-state index contributed by atoms with van der Waals surface area (Å²) in [7, 11) is 0. The largest absolute Gasteiger partial charge is 0.457 e. The van der Waals surface area contributed by atoms with Crippen molar-refractivity contribution < 1.29 is 4.74 Å². The van der Waals surface area contributed by atoms with E-state index >= 15 is 0 Å². The van der Waals surface area contributed by atoms with Crippen molar-refractivity contribution in [1.82, 2.24) is 0 Å². The molecule has 0 unspecified atom stereocenters. The number of thiocarbonyl (C=S) groups is 1. The lowest BCUT2D eigenvalue weighted by Gasteiger charge is -2.13. The molecule has 2 aromatic carbocycles. The van der Waals surface area contributed by atoms with Crippen LogP contribution >= 0.6 is 28.1 Å². The van der Waals surface area contributed by atoms with Crippen molar-refractivity contribution in [2.24, 2.45) is 5.73 Å². The third-order valence-corrected chi connectivity index (χ3v) is 4.18. The van der Waals surface area contributed by atoms with Crippen LogP contribution < -0.4 is 10.5 Å². The second-order valence-corrected chi connectivity index (χ2v) is 6.58. The summed E-state index contributed by atoms with van der Waals surface area (Å²) in [5, 5.41) is 0. The van der Waals surface area contributed by atoms with E-state index < -0.39 is 0 Å². The fourth-order valence-corrected chi connectivity index (χ4v) is 3.14. The number of halogens is 1. The predicted octanol–water partition coefficient (Wildman–Crippen LogP) is 5.31. The van der Waals surface area contributed by atoms with E-state index in [9.17, 15) is 0 Å². The van der Waals surface area contributed by atoms with Crippen molar-refractivity contribution >= 4 is 33.1 Å². The molecule has 0 aromatic heterocycles. The molecule has 0 saturated carbocycles. The Labute approximate surface area is 139 Å². The van der Waals surface area contributed by atoms with Gasteiger partial charge in [0, 0.05) is 10.0 Å². The average Bonchev–Trinajstić information content (AvgIpc) is 2.37. The molecule has 0 spiro atoms. The van der Waals surface area contributed by atoms with Crippen LogP contribution in [0.15, 0.2) is 40.9 Å². The smallest absolute Gasteiger partial charge is 0.128 e. The Morgan fingerprint density at radius 3 is 2.29 bits per heavy atom. The van der Waals surface area contributed by atoms with Crippen molar-refractivity contribution in [3.8, 4) is 11.5 Å². The third kappa shape index (κ3) is 3.83. The molecule has 0 saturated heterocycles. The molecule has 0 aliphatic carbocycles. The van der Waals surface area contributed by atoms with Gasteiger partial charge < -0.3 is 10.5 Å². The van der Waals surface area contributed by atoms with Crippen molar-refractivity contribution in [3.63, 3.8) is 0 Å². The molecule has 2 aromatic rings. The molecule has 0 fully saturated rings. The molecule has 0 radical (unpaired) electrons. The van der Waals surface area contributed by atoms with Gasteiger partial charge >= 0.3 is 0 Å². The minimum absolute atomic E-state index is 0.366. The molecule has 0 aliphatic rings. The van der Waals surface area contributed by atoms with Crippen LogP contribution in [0.25, 0.3) is 0 Å². The van der Waals surface area contributed by atoms with E-state index in [1.54, 1.807) is 0 Å². The Morgan fingerprint density at radius 1 is 1.14 bits per heavy atom. The molecule has 0 atom stereocenters. The number of rotatable bonds is 4. The normalized spacial score (nSPS) is 10.7. The van der Waals surface area contributed by atoms with Gasteiger partial charge in [-0.2, -0.15) is 0 Å². The van der Waals surface area contributed by atoms with Crippen LogP contribution in [0.2, 0.25) is 0 Å². The first-order valence-corrected chi connectivity index (χ1v) is 7.96. The molecule has 0 heterocycles. The maximum absolute atomic E-state index is 5.90. The summed E-state index contributed by atoms with van der Waals surface area (Å²) in [4.78, 5) is 0.366. The monoisotopic (exact) mass is 363 g/mol. The molecule has 2 rings (SSSR count). The quantitative estimate of drug-likeness (QED) is 0.747. The minimum Gasteiger partial charge on any atom is -0.457 e. The second-order valence-electron chi connectivity index (χ2n) is 5.28. The maximum atomic E-state index is 5.90. The topological polar surface area (TPSA) is 35.2 Å². The van der Waals surface area contributed by atoms with Gasteiger partial charge in [0.2, 0.25) is 0 Å². The summed E-state index contributed by atoms with van der Waals surface area (Å²) < 4.78 is 6.73. The number of nitrogens with two attached hydrogens (primary N) is 1. The standard InChI is InChI=1S/C17H18BrNOS/c1-10(2)14-6-4-12(8-11(14)3)20-13-5-7-15(17(19)21)16(18)9-13/h4-10H,1-3H3,(H2,19,21). The average molecular weight is 364 g/mol. The Kier molecular flexibility index (Phi) is 5.01. The zero-order valence-electron chi connectivity index (χ0n) is 12.3. The summed E-state index contributed by atoms with van der Waals surface area (Å²) in [6, 6.07) is 11.8. The van der Waals surface area contributed by atoms with Gasteiger partial charge in [-0.3, -0.25) is 0 Å². The van der Waals surface area contributed by atoms with Crippen LogP contribution in [0.4, 0.5) is 0 Å². The van der Waals surface area contributed by atoms with E-state index in [2.05, 4.69) is 48.8 Å². The number of hydrogen-bond donors (Lipinski definition) is 1. The van der Waals surface area contributed by atoms with Gasteiger partial charge in [0.25, 0.3) is 0 Å². The first-order valence-electron chi connectivity index (χ1n) is 6.76. The number of aryl methyl sites for hydroxylation is 1. The van der Waals surface area contributed by atoms with Crippen LogP contribution in [-0.4, -0.2) is 4.99 Å². The zero-order chi connectivity index (χ0) is 15.6. The van der Waals surface area contributed by atoms with E-state index in [0.717, 1.165) is 21.5 Å². The highest BCUT2D eigenvalue weighted by atomic mass is 79.9. The van der Waals surface area contributed by atoms with Crippen LogP contribution in [-0.2, 0) is 0 Å². The Bertz CT molecular complexity index is 682. The second kappa shape index (κ2) is 6.58. The highest BCUT2D eigenvalue weighted by Crippen LogP contribution is 2.29. The van der Waals surface area contributed by atoms with Gasteiger partial charge in [0.05, 0.1) is 0 Å². The highest BCUT2D eigenvalue weighted by Gasteiger charge is 2.08. The van der Waals surface area contributed by atoms with Crippen molar-refractivity contribution in [2.75, 3.05) is 0 Å². The van der Waals surface area contributed by atoms with Crippen molar-refractivity contribution in [2.45, 2.75) is 26.7 Å². The van der Waals surface area contributed by atoms with Gasteiger partial charge in [-0.1, -0.05) is 32.1 Å². The van der Waals surface area contributed by atoms with Gasteiger partial charge in [0.1, 0.15) is 16.5 Å². The van der Waals surface area contributed by atoms with Crippen molar-refractivity contribution in [3.05, 3.63) is 57.6 Å². The van der Waals surface area contributed by atoms with Crippen LogP contribution in [0.1, 0.15) is 36.5 Å². The number of hydrogen-bond acceptors (Lipinski definition) is 2.